The number of likely N-dealkylation sites (N-methyl/N-ethyl adjacent to an activating group) is 1. The van der Waals surface area contributed by atoms with E-state index in [1.54, 1.807) is 0 Å². The van der Waals surface area contributed by atoms with Crippen molar-refractivity contribution in [2.45, 2.75) is 12.5 Å². The Labute approximate surface area is 50.9 Å². The minimum absolute atomic E-state index is 0.782. The van der Waals surface area contributed by atoms with Crippen LogP contribution in [-0.2, 0) is 0 Å². The van der Waals surface area contributed by atoms with Crippen LogP contribution in [-0.4, -0.2) is 38.1 Å². The normalized spacial score (nSPS) is 28.1. The summed E-state index contributed by atoms with van der Waals surface area (Å²) in [4.78, 5) is 2.22. The molecule has 8 heavy (non-hydrogen) atoms. The molecule has 0 aliphatic carbocycles. The third-order valence-corrected chi connectivity index (χ3v) is 1.51. The van der Waals surface area contributed by atoms with Crippen LogP contribution >= 0.6 is 0 Å². The van der Waals surface area contributed by atoms with Crippen molar-refractivity contribution in [3.05, 3.63) is 0 Å². The van der Waals surface area contributed by atoms with Crippen molar-refractivity contribution in [2.75, 3.05) is 27.2 Å². The van der Waals surface area contributed by atoms with Gasteiger partial charge in [-0.1, -0.05) is 0 Å². The molecule has 0 radical (unpaired) electrons. The Morgan fingerprint density at radius 1 is 1.62 bits per heavy atom. The minimum atomic E-state index is 0.782. The monoisotopic (exact) mass is 114 g/mol. The van der Waals surface area contributed by atoms with Gasteiger partial charge in [0.2, 0.25) is 0 Å². The highest BCUT2D eigenvalue weighted by atomic mass is 15.1. The lowest BCUT2D eigenvalue weighted by Crippen LogP contribution is -2.48. The molecule has 0 spiro atoms. The van der Waals surface area contributed by atoms with E-state index < -0.39 is 0 Å². The molecule has 1 aliphatic rings. The molecule has 1 rings (SSSR count). The Morgan fingerprint density at radius 2 is 2.25 bits per heavy atom. The quantitative estimate of drug-likeness (QED) is 0.539. The molecule has 0 aromatic heterocycles. The van der Waals surface area contributed by atoms with Gasteiger partial charge in [0.05, 0.1) is 0 Å². The Hall–Kier alpha value is -0.0800. The SMILES string of the molecule is CN(C)CC1CCN1. The van der Waals surface area contributed by atoms with E-state index in [2.05, 4.69) is 24.3 Å². The van der Waals surface area contributed by atoms with Crippen LogP contribution in [0, 0.1) is 0 Å². The van der Waals surface area contributed by atoms with E-state index in [1.165, 1.54) is 19.5 Å². The van der Waals surface area contributed by atoms with Gasteiger partial charge >= 0.3 is 0 Å². The third-order valence-electron chi connectivity index (χ3n) is 1.51. The van der Waals surface area contributed by atoms with Crippen molar-refractivity contribution >= 4 is 0 Å². The highest BCUT2D eigenvalue weighted by Gasteiger charge is 2.15. The molecule has 1 unspecified atom stereocenters. The Kier molecular flexibility index (Phi) is 1.86. The van der Waals surface area contributed by atoms with Crippen LogP contribution in [0.3, 0.4) is 0 Å². The lowest BCUT2D eigenvalue weighted by atomic mass is 10.1. The second-order valence-electron chi connectivity index (χ2n) is 2.70. The molecule has 1 atom stereocenters. The maximum absolute atomic E-state index is 3.34. The molecule has 1 fully saturated rings. The van der Waals surface area contributed by atoms with Crippen molar-refractivity contribution < 1.29 is 0 Å². The van der Waals surface area contributed by atoms with Crippen LogP contribution in [0.5, 0.6) is 0 Å². The van der Waals surface area contributed by atoms with Gasteiger partial charge in [-0.25, -0.2) is 0 Å². The molecule has 2 heteroatoms. The standard InChI is InChI=1S/C6H14N2/c1-8(2)5-6-3-4-7-6/h6-7H,3-5H2,1-2H3. The molecule has 0 amide bonds. The molecule has 1 N–H and O–H groups in total. The molecule has 1 heterocycles. The van der Waals surface area contributed by atoms with Gasteiger partial charge in [0.15, 0.2) is 0 Å². The fourth-order valence-electron chi connectivity index (χ4n) is 0.945. The van der Waals surface area contributed by atoms with Gasteiger partial charge in [-0.3, -0.25) is 0 Å². The average molecular weight is 114 g/mol. The number of hydrogen-bond acceptors (Lipinski definition) is 2. The topological polar surface area (TPSA) is 15.3 Å². The summed E-state index contributed by atoms with van der Waals surface area (Å²) in [7, 11) is 4.22. The lowest BCUT2D eigenvalue weighted by molar-refractivity contribution is 0.273. The van der Waals surface area contributed by atoms with Crippen molar-refractivity contribution in [3.63, 3.8) is 0 Å². The zero-order chi connectivity index (χ0) is 5.98. The van der Waals surface area contributed by atoms with Crippen LogP contribution in [0.2, 0.25) is 0 Å². The molecule has 48 valence electrons. The first-order chi connectivity index (χ1) is 3.79. The van der Waals surface area contributed by atoms with Crippen molar-refractivity contribution in [1.29, 1.82) is 0 Å². The van der Waals surface area contributed by atoms with Crippen LogP contribution in [0.1, 0.15) is 6.42 Å². The molecular formula is C6H14N2. The van der Waals surface area contributed by atoms with Gasteiger partial charge in [0.1, 0.15) is 0 Å². The largest absolute Gasteiger partial charge is 0.313 e. The minimum Gasteiger partial charge on any atom is -0.313 e. The predicted octanol–water partition coefficient (Wildman–Crippen LogP) is -0.0901. The van der Waals surface area contributed by atoms with Crippen molar-refractivity contribution in [2.24, 2.45) is 0 Å². The molecule has 0 saturated carbocycles. The summed E-state index contributed by atoms with van der Waals surface area (Å²) >= 11 is 0. The first-order valence-corrected chi connectivity index (χ1v) is 3.17. The highest BCUT2D eigenvalue weighted by Crippen LogP contribution is 2.01. The van der Waals surface area contributed by atoms with E-state index in [1.807, 2.05) is 0 Å². The van der Waals surface area contributed by atoms with Gasteiger partial charge in [0, 0.05) is 12.6 Å². The zero-order valence-corrected chi connectivity index (χ0v) is 5.65. The van der Waals surface area contributed by atoms with E-state index in [-0.39, 0.29) is 0 Å². The molecule has 0 aromatic carbocycles. The second kappa shape index (κ2) is 2.46. The first-order valence-electron chi connectivity index (χ1n) is 3.17. The fraction of sp³-hybridized carbons (Fsp3) is 1.00. The van der Waals surface area contributed by atoms with Crippen LogP contribution in [0.4, 0.5) is 0 Å². The van der Waals surface area contributed by atoms with E-state index in [0.717, 1.165) is 6.04 Å². The van der Waals surface area contributed by atoms with Gasteiger partial charge in [-0.2, -0.15) is 0 Å². The lowest BCUT2D eigenvalue weighted by Gasteiger charge is -2.29. The van der Waals surface area contributed by atoms with Gasteiger partial charge in [0.25, 0.3) is 0 Å². The molecule has 1 aliphatic heterocycles. The summed E-state index contributed by atoms with van der Waals surface area (Å²) in [6.07, 6.45) is 1.36. The number of hydrogen-bond donors (Lipinski definition) is 1. The van der Waals surface area contributed by atoms with Crippen LogP contribution in [0.15, 0.2) is 0 Å². The summed E-state index contributed by atoms with van der Waals surface area (Å²) in [6.45, 7) is 2.42. The maximum atomic E-state index is 3.34. The number of nitrogens with one attached hydrogen (secondary N) is 1. The highest BCUT2D eigenvalue weighted by molar-refractivity contribution is 4.78. The van der Waals surface area contributed by atoms with Crippen molar-refractivity contribution in [1.82, 2.24) is 10.2 Å². The smallest absolute Gasteiger partial charge is 0.0206 e. The van der Waals surface area contributed by atoms with E-state index in [9.17, 15) is 0 Å². The molecule has 0 aromatic rings. The molecule has 0 bridgehead atoms. The second-order valence-corrected chi connectivity index (χ2v) is 2.70. The summed E-state index contributed by atoms with van der Waals surface area (Å²) in [5.41, 5.74) is 0. The van der Waals surface area contributed by atoms with Crippen LogP contribution in [0.25, 0.3) is 0 Å². The number of nitrogens with zero attached hydrogens (tertiary/aromatic N) is 1. The summed E-state index contributed by atoms with van der Waals surface area (Å²) in [5, 5.41) is 3.34. The van der Waals surface area contributed by atoms with Crippen LogP contribution < -0.4 is 5.32 Å². The number of rotatable bonds is 2. The Morgan fingerprint density at radius 3 is 2.38 bits per heavy atom. The molecular weight excluding hydrogens is 100 g/mol. The summed E-state index contributed by atoms with van der Waals surface area (Å²) < 4.78 is 0. The van der Waals surface area contributed by atoms with E-state index in [4.69, 9.17) is 0 Å². The predicted molar refractivity (Wildman–Crippen MR) is 35.0 cm³/mol. The average Bonchev–Trinajstić information content (AvgIpc) is 1.55. The van der Waals surface area contributed by atoms with Gasteiger partial charge in [-0.05, 0) is 27.1 Å². The van der Waals surface area contributed by atoms with Crippen molar-refractivity contribution in [3.8, 4) is 0 Å². The fourth-order valence-corrected chi connectivity index (χ4v) is 0.945. The van der Waals surface area contributed by atoms with Gasteiger partial charge < -0.3 is 10.2 Å². The Balaban J connectivity index is 2.01. The van der Waals surface area contributed by atoms with E-state index >= 15 is 0 Å². The Bertz CT molecular complexity index is 66.9. The molecule has 2 nitrogen and oxygen atoms in total. The van der Waals surface area contributed by atoms with E-state index in [0.29, 0.717) is 0 Å². The van der Waals surface area contributed by atoms with Gasteiger partial charge in [-0.15, -0.1) is 0 Å². The summed E-state index contributed by atoms with van der Waals surface area (Å²) in [5.74, 6) is 0. The molecule has 1 saturated heterocycles. The summed E-state index contributed by atoms with van der Waals surface area (Å²) in [6, 6.07) is 0.782. The zero-order valence-electron chi connectivity index (χ0n) is 5.65. The maximum Gasteiger partial charge on any atom is 0.0206 e. The first kappa shape index (κ1) is 6.05. The third kappa shape index (κ3) is 1.46.